The summed E-state index contributed by atoms with van der Waals surface area (Å²) < 4.78 is 7.10. The first kappa shape index (κ1) is 20.3. The lowest BCUT2D eigenvalue weighted by Crippen LogP contribution is -2.61. The monoisotopic (exact) mass is 452 g/mol. The van der Waals surface area contributed by atoms with Gasteiger partial charge in [0.25, 0.3) is 5.91 Å². The molecular formula is C22H21ClN6O3. The van der Waals surface area contributed by atoms with E-state index in [-0.39, 0.29) is 11.9 Å². The lowest BCUT2D eigenvalue weighted by Gasteiger charge is -2.40. The Balaban J connectivity index is 1.65. The van der Waals surface area contributed by atoms with Crippen molar-refractivity contribution >= 4 is 29.5 Å². The standard InChI is InChI=1S/C22H21ClN6O3/c1-26-19-17(20(30)27(2)22(26)31)28(12-14-6-4-5-7-16(14)23)21-25-24-18(29(19)21)13-8-10-15(32-3)11-9-13/h4-11,17,19H,12H2,1-3H3. The molecule has 2 aliphatic heterocycles. The van der Waals surface area contributed by atoms with Gasteiger partial charge in [0.15, 0.2) is 11.9 Å². The van der Waals surface area contributed by atoms with Crippen molar-refractivity contribution in [2.45, 2.75) is 18.8 Å². The summed E-state index contributed by atoms with van der Waals surface area (Å²) >= 11 is 6.41. The molecular weight excluding hydrogens is 432 g/mol. The molecule has 0 saturated carbocycles. The molecule has 1 saturated heterocycles. The first-order chi connectivity index (χ1) is 15.4. The number of ether oxygens (including phenoxy) is 1. The lowest BCUT2D eigenvalue weighted by atomic mass is 10.1. The second-order valence-corrected chi connectivity index (χ2v) is 8.20. The first-order valence-corrected chi connectivity index (χ1v) is 10.4. The fraction of sp³-hybridized carbons (Fsp3) is 0.273. The minimum atomic E-state index is -0.651. The van der Waals surface area contributed by atoms with E-state index in [1.807, 2.05) is 58.0 Å². The summed E-state index contributed by atoms with van der Waals surface area (Å²) in [5, 5.41) is 9.42. The van der Waals surface area contributed by atoms with Gasteiger partial charge < -0.3 is 14.5 Å². The van der Waals surface area contributed by atoms with Gasteiger partial charge >= 0.3 is 6.03 Å². The minimum Gasteiger partial charge on any atom is -0.497 e. The highest BCUT2D eigenvalue weighted by Gasteiger charge is 2.54. The van der Waals surface area contributed by atoms with Crippen LogP contribution >= 0.6 is 11.6 Å². The van der Waals surface area contributed by atoms with Crippen molar-refractivity contribution in [2.75, 3.05) is 26.1 Å². The van der Waals surface area contributed by atoms with Crippen LogP contribution in [0.5, 0.6) is 5.75 Å². The Morgan fingerprint density at radius 2 is 1.75 bits per heavy atom. The average molecular weight is 453 g/mol. The summed E-state index contributed by atoms with van der Waals surface area (Å²) in [6, 6.07) is 13.9. The number of carbonyl (C=O) groups is 2. The van der Waals surface area contributed by atoms with Crippen molar-refractivity contribution in [2.24, 2.45) is 0 Å². The number of imide groups is 1. The maximum Gasteiger partial charge on any atom is 0.327 e. The fourth-order valence-electron chi connectivity index (χ4n) is 4.35. The number of urea groups is 1. The number of anilines is 1. The van der Waals surface area contributed by atoms with Crippen molar-refractivity contribution in [3.8, 4) is 17.1 Å². The molecule has 2 aromatic carbocycles. The molecule has 5 rings (SSSR count). The van der Waals surface area contributed by atoms with Gasteiger partial charge in [-0.05, 0) is 35.9 Å². The number of halogens is 1. The highest BCUT2D eigenvalue weighted by Crippen LogP contribution is 2.43. The van der Waals surface area contributed by atoms with Gasteiger partial charge in [0.05, 0.1) is 7.11 Å². The molecule has 3 aromatic rings. The SMILES string of the molecule is COc1ccc(-c2nnc3n2C2C(C(=O)N(C)C(=O)N2C)N3Cc2ccccc2Cl)cc1. The van der Waals surface area contributed by atoms with Crippen molar-refractivity contribution in [1.82, 2.24) is 24.6 Å². The van der Waals surface area contributed by atoms with E-state index < -0.39 is 12.2 Å². The Labute approximate surface area is 189 Å². The van der Waals surface area contributed by atoms with Crippen LogP contribution in [0.25, 0.3) is 11.4 Å². The normalized spacial score (nSPS) is 19.9. The molecule has 2 aliphatic rings. The van der Waals surface area contributed by atoms with Gasteiger partial charge in [0.2, 0.25) is 5.95 Å². The van der Waals surface area contributed by atoms with Crippen LogP contribution < -0.4 is 9.64 Å². The van der Waals surface area contributed by atoms with Crippen LogP contribution in [0, 0.1) is 0 Å². The van der Waals surface area contributed by atoms with Gasteiger partial charge in [-0.3, -0.25) is 14.3 Å². The number of likely N-dealkylation sites (N-methyl/N-ethyl adjacent to an activating group) is 2. The van der Waals surface area contributed by atoms with Gasteiger partial charge in [-0.25, -0.2) is 4.79 Å². The minimum absolute atomic E-state index is 0.295. The Bertz CT molecular complexity index is 1210. The number of aromatic nitrogens is 3. The van der Waals surface area contributed by atoms with Gasteiger partial charge in [-0.1, -0.05) is 29.8 Å². The lowest BCUT2D eigenvalue weighted by molar-refractivity contribution is -0.133. The predicted octanol–water partition coefficient (Wildman–Crippen LogP) is 3.02. The smallest absolute Gasteiger partial charge is 0.327 e. The number of nitrogens with zero attached hydrogens (tertiary/aromatic N) is 6. The number of methoxy groups -OCH3 is 1. The van der Waals surface area contributed by atoms with E-state index in [1.165, 1.54) is 7.05 Å². The van der Waals surface area contributed by atoms with E-state index in [0.29, 0.717) is 23.3 Å². The Hall–Kier alpha value is -3.59. The van der Waals surface area contributed by atoms with Crippen LogP contribution in [0.2, 0.25) is 5.02 Å². The fourth-order valence-corrected chi connectivity index (χ4v) is 4.55. The second kappa shape index (κ2) is 7.52. The van der Waals surface area contributed by atoms with Crippen molar-refractivity contribution < 1.29 is 14.3 Å². The molecule has 10 heteroatoms. The van der Waals surface area contributed by atoms with Gasteiger partial charge in [-0.2, -0.15) is 0 Å². The van der Waals surface area contributed by atoms with Crippen molar-refractivity contribution in [1.29, 1.82) is 0 Å². The summed E-state index contributed by atoms with van der Waals surface area (Å²) in [5.41, 5.74) is 1.65. The van der Waals surface area contributed by atoms with Crippen LogP contribution in [0.3, 0.4) is 0 Å². The molecule has 2 unspecified atom stereocenters. The van der Waals surface area contributed by atoms with Crippen LogP contribution in [0.1, 0.15) is 11.7 Å². The second-order valence-electron chi connectivity index (χ2n) is 7.79. The predicted molar refractivity (Wildman–Crippen MR) is 118 cm³/mol. The first-order valence-electron chi connectivity index (χ1n) is 10.1. The Morgan fingerprint density at radius 1 is 1.03 bits per heavy atom. The molecule has 0 radical (unpaired) electrons. The van der Waals surface area contributed by atoms with E-state index in [1.54, 1.807) is 19.1 Å². The van der Waals surface area contributed by atoms with E-state index in [2.05, 4.69) is 10.2 Å². The molecule has 32 heavy (non-hydrogen) atoms. The largest absolute Gasteiger partial charge is 0.497 e. The van der Waals surface area contributed by atoms with E-state index in [4.69, 9.17) is 16.3 Å². The summed E-state index contributed by atoms with van der Waals surface area (Å²) in [6.45, 7) is 0.350. The maximum atomic E-state index is 13.3. The zero-order chi connectivity index (χ0) is 22.6. The number of hydrogen-bond donors (Lipinski definition) is 0. The van der Waals surface area contributed by atoms with Crippen LogP contribution in [0.15, 0.2) is 48.5 Å². The van der Waals surface area contributed by atoms with E-state index >= 15 is 0 Å². The summed E-state index contributed by atoms with van der Waals surface area (Å²) in [7, 11) is 4.78. The molecule has 164 valence electrons. The van der Waals surface area contributed by atoms with Crippen molar-refractivity contribution in [3.63, 3.8) is 0 Å². The van der Waals surface area contributed by atoms with Gasteiger partial charge in [0.1, 0.15) is 11.9 Å². The third kappa shape index (κ3) is 2.92. The number of amides is 3. The van der Waals surface area contributed by atoms with Crippen LogP contribution in [0.4, 0.5) is 10.7 Å². The zero-order valence-corrected chi connectivity index (χ0v) is 18.5. The summed E-state index contributed by atoms with van der Waals surface area (Å²) in [6.07, 6.45) is -0.587. The highest BCUT2D eigenvalue weighted by molar-refractivity contribution is 6.31. The van der Waals surface area contributed by atoms with Gasteiger partial charge in [0, 0.05) is 31.2 Å². The third-order valence-electron chi connectivity index (χ3n) is 6.03. The summed E-state index contributed by atoms with van der Waals surface area (Å²) in [5.74, 6) is 1.50. The molecule has 0 N–H and O–H groups in total. The summed E-state index contributed by atoms with van der Waals surface area (Å²) in [4.78, 5) is 30.6. The average Bonchev–Trinajstić information content (AvgIpc) is 3.37. The number of fused-ring (bicyclic) bond motifs is 3. The van der Waals surface area contributed by atoms with Crippen molar-refractivity contribution in [3.05, 3.63) is 59.1 Å². The third-order valence-corrected chi connectivity index (χ3v) is 6.40. The molecule has 0 aliphatic carbocycles. The molecule has 0 spiro atoms. The number of rotatable bonds is 4. The Morgan fingerprint density at radius 3 is 2.44 bits per heavy atom. The van der Waals surface area contributed by atoms with Crippen LogP contribution in [-0.4, -0.2) is 63.7 Å². The zero-order valence-electron chi connectivity index (χ0n) is 17.8. The molecule has 1 fully saturated rings. The molecule has 3 heterocycles. The number of hydrogen-bond acceptors (Lipinski definition) is 6. The Kier molecular flexibility index (Phi) is 4.78. The quantitative estimate of drug-likeness (QED) is 0.605. The molecule has 0 bridgehead atoms. The van der Waals surface area contributed by atoms with E-state index in [0.717, 1.165) is 21.8 Å². The molecule has 3 amide bonds. The molecule has 9 nitrogen and oxygen atoms in total. The van der Waals surface area contributed by atoms with Gasteiger partial charge in [-0.15, -0.1) is 10.2 Å². The van der Waals surface area contributed by atoms with E-state index in [9.17, 15) is 9.59 Å². The maximum absolute atomic E-state index is 13.3. The highest BCUT2D eigenvalue weighted by atomic mass is 35.5. The molecule has 1 aromatic heterocycles. The van der Waals surface area contributed by atoms with Crippen LogP contribution in [-0.2, 0) is 11.3 Å². The molecule has 2 atom stereocenters. The number of benzene rings is 2. The topological polar surface area (TPSA) is 83.8 Å². The number of carbonyl (C=O) groups excluding carboxylic acids is 2.